The number of hydrogen-bond acceptors (Lipinski definition) is 4. The van der Waals surface area contributed by atoms with Gasteiger partial charge in [-0.1, -0.05) is 48.6 Å². The number of carbonyl (C=O) groups excluding carboxylic acids is 1. The van der Waals surface area contributed by atoms with Gasteiger partial charge in [0.15, 0.2) is 5.78 Å². The summed E-state index contributed by atoms with van der Waals surface area (Å²) in [5.74, 6) is -0.230. The van der Waals surface area contributed by atoms with Crippen LogP contribution in [0.25, 0.3) is 0 Å². The number of aliphatic hydroxyl groups is 1. The van der Waals surface area contributed by atoms with Crippen LogP contribution in [0.3, 0.4) is 0 Å². The Balaban J connectivity index is 1.76. The van der Waals surface area contributed by atoms with Gasteiger partial charge in [0.05, 0.1) is 0 Å². The standard InChI is InChI=1S/C22H26O5/c23-18(16-27-19-8-4-3-5-9-19)14-12-17-13-15-21(24)20(17)10-6-1-2-7-11-22(25)26/h1,3-6,8-9,12-15,17-18,20,23H,2,7,10-11,16H2,(H,25,26)/b6-1-,14-12+/t17-,18?,20?/m0/s1. The average molecular weight is 370 g/mol. The van der Waals surface area contributed by atoms with Gasteiger partial charge in [0.2, 0.25) is 0 Å². The second-order valence-corrected chi connectivity index (χ2v) is 6.51. The van der Waals surface area contributed by atoms with E-state index in [0.29, 0.717) is 25.0 Å². The fourth-order valence-electron chi connectivity index (χ4n) is 2.87. The SMILES string of the molecule is O=C(O)CCC/C=C\CC1C(=O)C=C[C@@H]1/C=C/C(O)COc1ccccc1. The Bertz CT molecular complexity index is 690. The quantitative estimate of drug-likeness (QED) is 0.460. The highest BCUT2D eigenvalue weighted by Crippen LogP contribution is 2.27. The van der Waals surface area contributed by atoms with Crippen LogP contribution >= 0.6 is 0 Å². The Labute approximate surface area is 159 Å². The fraction of sp³-hybridized carbons (Fsp3) is 0.364. The molecule has 0 fully saturated rings. The molecule has 0 saturated heterocycles. The third-order valence-electron chi connectivity index (χ3n) is 4.35. The predicted molar refractivity (Wildman–Crippen MR) is 103 cm³/mol. The molecule has 0 aromatic heterocycles. The number of aliphatic hydroxyl groups excluding tert-OH is 1. The minimum absolute atomic E-state index is 0.0486. The summed E-state index contributed by atoms with van der Waals surface area (Å²) in [6.07, 6.45) is 12.1. The lowest BCUT2D eigenvalue weighted by atomic mass is 9.90. The number of carbonyl (C=O) groups is 2. The van der Waals surface area contributed by atoms with Crippen LogP contribution in [0, 0.1) is 11.8 Å². The first-order valence-electron chi connectivity index (χ1n) is 9.19. The number of rotatable bonds is 11. The Kier molecular flexibility index (Phi) is 8.52. The third kappa shape index (κ3) is 7.62. The molecule has 2 rings (SSSR count). The van der Waals surface area contributed by atoms with E-state index in [-0.39, 0.29) is 30.6 Å². The van der Waals surface area contributed by atoms with Gasteiger partial charge in [0, 0.05) is 18.3 Å². The second kappa shape index (κ2) is 11.1. The summed E-state index contributed by atoms with van der Waals surface area (Å²) in [7, 11) is 0. The molecule has 0 heterocycles. The van der Waals surface area contributed by atoms with Crippen LogP contribution in [-0.4, -0.2) is 34.7 Å². The minimum Gasteiger partial charge on any atom is -0.491 e. The lowest BCUT2D eigenvalue weighted by Crippen LogP contribution is -2.17. The number of carboxylic acids is 1. The Morgan fingerprint density at radius 2 is 2.00 bits per heavy atom. The van der Waals surface area contributed by atoms with Crippen molar-refractivity contribution >= 4 is 11.8 Å². The zero-order valence-electron chi connectivity index (χ0n) is 15.2. The van der Waals surface area contributed by atoms with Crippen LogP contribution < -0.4 is 4.74 Å². The Hall–Kier alpha value is -2.66. The highest BCUT2D eigenvalue weighted by atomic mass is 16.5. The first-order valence-corrected chi connectivity index (χ1v) is 9.19. The van der Waals surface area contributed by atoms with Crippen LogP contribution in [0.4, 0.5) is 0 Å². The molecule has 1 aromatic rings. The molecule has 2 unspecified atom stereocenters. The zero-order chi connectivity index (χ0) is 19.5. The van der Waals surface area contributed by atoms with Crippen molar-refractivity contribution in [3.8, 4) is 5.75 Å². The molecule has 144 valence electrons. The van der Waals surface area contributed by atoms with E-state index in [0.717, 1.165) is 0 Å². The van der Waals surface area contributed by atoms with E-state index in [1.165, 1.54) is 0 Å². The van der Waals surface area contributed by atoms with Crippen LogP contribution in [0.5, 0.6) is 5.75 Å². The minimum atomic E-state index is -0.793. The number of carboxylic acid groups (broad SMARTS) is 1. The summed E-state index contributed by atoms with van der Waals surface area (Å²) in [6.45, 7) is 0.152. The summed E-state index contributed by atoms with van der Waals surface area (Å²) in [5.41, 5.74) is 0. The van der Waals surface area contributed by atoms with Gasteiger partial charge in [-0.05, 0) is 37.5 Å². The van der Waals surface area contributed by atoms with Crippen molar-refractivity contribution in [1.29, 1.82) is 0 Å². The molecule has 0 bridgehead atoms. The van der Waals surface area contributed by atoms with Gasteiger partial charge in [-0.25, -0.2) is 0 Å². The number of benzene rings is 1. The van der Waals surface area contributed by atoms with Crippen LogP contribution in [-0.2, 0) is 9.59 Å². The van der Waals surface area contributed by atoms with E-state index in [9.17, 15) is 14.7 Å². The molecule has 5 nitrogen and oxygen atoms in total. The molecule has 0 aliphatic heterocycles. The van der Waals surface area contributed by atoms with Gasteiger partial charge in [0.1, 0.15) is 18.5 Å². The lowest BCUT2D eigenvalue weighted by molar-refractivity contribution is -0.137. The van der Waals surface area contributed by atoms with E-state index in [1.54, 1.807) is 12.2 Å². The van der Waals surface area contributed by atoms with Gasteiger partial charge in [-0.3, -0.25) is 9.59 Å². The molecule has 1 aliphatic rings. The molecule has 0 spiro atoms. The molecule has 2 N–H and O–H groups in total. The number of unbranched alkanes of at least 4 members (excludes halogenated alkanes) is 1. The number of ether oxygens (including phenoxy) is 1. The van der Waals surface area contributed by atoms with Crippen molar-refractivity contribution in [2.45, 2.75) is 31.8 Å². The number of hydrogen-bond donors (Lipinski definition) is 2. The number of aliphatic carboxylic acids is 1. The van der Waals surface area contributed by atoms with Crippen molar-refractivity contribution in [3.05, 3.63) is 66.8 Å². The average Bonchev–Trinajstić information content (AvgIpc) is 3.01. The molecule has 5 heteroatoms. The summed E-state index contributed by atoms with van der Waals surface area (Å²) >= 11 is 0. The first kappa shape index (κ1) is 20.6. The highest BCUT2D eigenvalue weighted by molar-refractivity contribution is 5.95. The maximum atomic E-state index is 12.0. The number of allylic oxidation sites excluding steroid dienone is 5. The molecule has 1 aliphatic carbocycles. The van der Waals surface area contributed by atoms with E-state index in [2.05, 4.69) is 0 Å². The van der Waals surface area contributed by atoms with Crippen LogP contribution in [0.15, 0.2) is 66.8 Å². The smallest absolute Gasteiger partial charge is 0.303 e. The number of ketones is 1. The summed E-state index contributed by atoms with van der Waals surface area (Å²) in [4.78, 5) is 22.5. The Morgan fingerprint density at radius 3 is 2.74 bits per heavy atom. The van der Waals surface area contributed by atoms with Crippen molar-refractivity contribution in [2.75, 3.05) is 6.61 Å². The van der Waals surface area contributed by atoms with Gasteiger partial charge in [-0.15, -0.1) is 0 Å². The van der Waals surface area contributed by atoms with E-state index >= 15 is 0 Å². The monoisotopic (exact) mass is 370 g/mol. The van der Waals surface area contributed by atoms with Gasteiger partial charge in [0.25, 0.3) is 0 Å². The molecular weight excluding hydrogens is 344 g/mol. The summed E-state index contributed by atoms with van der Waals surface area (Å²) in [6, 6.07) is 9.28. The molecule has 0 radical (unpaired) electrons. The first-order chi connectivity index (χ1) is 13.1. The van der Waals surface area contributed by atoms with Gasteiger partial charge < -0.3 is 14.9 Å². The molecule has 27 heavy (non-hydrogen) atoms. The van der Waals surface area contributed by atoms with Gasteiger partial charge in [-0.2, -0.15) is 0 Å². The topological polar surface area (TPSA) is 83.8 Å². The van der Waals surface area contributed by atoms with E-state index < -0.39 is 12.1 Å². The van der Waals surface area contributed by atoms with E-state index in [4.69, 9.17) is 9.84 Å². The van der Waals surface area contributed by atoms with Crippen LogP contribution in [0.1, 0.15) is 25.7 Å². The van der Waals surface area contributed by atoms with Crippen molar-refractivity contribution in [2.24, 2.45) is 11.8 Å². The maximum absolute atomic E-state index is 12.0. The van der Waals surface area contributed by atoms with Gasteiger partial charge >= 0.3 is 5.97 Å². The molecule has 0 amide bonds. The number of para-hydroxylation sites is 1. The highest BCUT2D eigenvalue weighted by Gasteiger charge is 2.27. The lowest BCUT2D eigenvalue weighted by Gasteiger charge is -2.14. The summed E-state index contributed by atoms with van der Waals surface area (Å²) in [5, 5.41) is 18.7. The molecule has 1 aromatic carbocycles. The summed E-state index contributed by atoms with van der Waals surface area (Å²) < 4.78 is 5.51. The predicted octanol–water partition coefficient (Wildman–Crippen LogP) is 3.56. The molecular formula is C22H26O5. The van der Waals surface area contributed by atoms with Crippen molar-refractivity contribution < 1.29 is 24.5 Å². The normalized spacial score (nSPS) is 20.6. The van der Waals surface area contributed by atoms with Crippen LogP contribution in [0.2, 0.25) is 0 Å². The zero-order valence-corrected chi connectivity index (χ0v) is 15.2. The Morgan fingerprint density at radius 1 is 1.22 bits per heavy atom. The molecule has 3 atom stereocenters. The third-order valence-corrected chi connectivity index (χ3v) is 4.35. The van der Waals surface area contributed by atoms with E-state index in [1.807, 2.05) is 54.6 Å². The second-order valence-electron chi connectivity index (χ2n) is 6.51. The fourth-order valence-corrected chi connectivity index (χ4v) is 2.87. The largest absolute Gasteiger partial charge is 0.491 e. The van der Waals surface area contributed by atoms with Crippen molar-refractivity contribution in [3.63, 3.8) is 0 Å². The van der Waals surface area contributed by atoms with Crippen molar-refractivity contribution in [1.82, 2.24) is 0 Å². The maximum Gasteiger partial charge on any atom is 0.303 e. The molecule has 0 saturated carbocycles.